The minimum atomic E-state index is -4.55. The van der Waals surface area contributed by atoms with Gasteiger partial charge < -0.3 is 5.32 Å². The predicted molar refractivity (Wildman–Crippen MR) is 72.8 cm³/mol. The average Bonchev–Trinajstić information content (AvgIpc) is 2.40. The fourth-order valence-electron chi connectivity index (χ4n) is 1.77. The van der Waals surface area contributed by atoms with Crippen molar-refractivity contribution >= 4 is 21.6 Å². The Kier molecular flexibility index (Phi) is 4.51. The van der Waals surface area contributed by atoms with Gasteiger partial charge in [0.1, 0.15) is 11.6 Å². The predicted octanol–water partition coefficient (Wildman–Crippen LogP) is 5.36. The van der Waals surface area contributed by atoms with E-state index < -0.39 is 23.4 Å². The summed E-state index contributed by atoms with van der Waals surface area (Å²) < 4.78 is 65.4. The molecule has 1 N–H and O–H groups in total. The number of halogens is 6. The zero-order chi connectivity index (χ0) is 15.6. The first-order valence-corrected chi connectivity index (χ1v) is 6.61. The number of hydrogen-bond acceptors (Lipinski definition) is 1. The summed E-state index contributed by atoms with van der Waals surface area (Å²) in [5, 5.41) is 2.48. The van der Waals surface area contributed by atoms with Crippen LogP contribution in [0.5, 0.6) is 0 Å². The van der Waals surface area contributed by atoms with E-state index in [2.05, 4.69) is 21.2 Å². The zero-order valence-corrected chi connectivity index (χ0v) is 12.0. The highest BCUT2D eigenvalue weighted by Crippen LogP contribution is 2.36. The molecule has 0 atom stereocenters. The number of nitrogens with one attached hydrogen (secondary N) is 1. The molecule has 0 spiro atoms. The Hall–Kier alpha value is -1.63. The van der Waals surface area contributed by atoms with Crippen LogP contribution in [0.1, 0.15) is 11.1 Å². The standard InChI is InChI=1S/C14H9BrF5N/c15-9-1-4-13(11(6-9)14(18,19)20)21-7-8-5-10(16)2-3-12(8)17/h1-6,21H,7H2. The van der Waals surface area contributed by atoms with Gasteiger partial charge in [0.15, 0.2) is 0 Å². The molecule has 0 radical (unpaired) electrons. The lowest BCUT2D eigenvalue weighted by atomic mass is 10.1. The van der Waals surface area contributed by atoms with Crippen molar-refractivity contribution in [3.05, 3.63) is 63.6 Å². The number of rotatable bonds is 3. The van der Waals surface area contributed by atoms with E-state index in [1.807, 2.05) is 0 Å². The Morgan fingerprint density at radius 2 is 1.71 bits per heavy atom. The van der Waals surface area contributed by atoms with Gasteiger partial charge in [0, 0.05) is 22.3 Å². The van der Waals surface area contributed by atoms with Crippen LogP contribution in [0.2, 0.25) is 0 Å². The van der Waals surface area contributed by atoms with E-state index in [4.69, 9.17) is 0 Å². The normalized spacial score (nSPS) is 11.5. The molecule has 0 heterocycles. The molecule has 21 heavy (non-hydrogen) atoms. The van der Waals surface area contributed by atoms with Crippen molar-refractivity contribution in [3.8, 4) is 0 Å². The van der Waals surface area contributed by atoms with Gasteiger partial charge in [-0.15, -0.1) is 0 Å². The fraction of sp³-hybridized carbons (Fsp3) is 0.143. The smallest absolute Gasteiger partial charge is 0.380 e. The van der Waals surface area contributed by atoms with Crippen LogP contribution in [0.3, 0.4) is 0 Å². The lowest BCUT2D eigenvalue weighted by molar-refractivity contribution is -0.137. The summed E-state index contributed by atoms with van der Waals surface area (Å²) in [6.45, 7) is -0.256. The molecule has 0 amide bonds. The fourth-order valence-corrected chi connectivity index (χ4v) is 2.14. The van der Waals surface area contributed by atoms with Gasteiger partial charge in [-0.3, -0.25) is 0 Å². The van der Waals surface area contributed by atoms with Crippen LogP contribution in [-0.4, -0.2) is 0 Å². The van der Waals surface area contributed by atoms with E-state index in [0.29, 0.717) is 0 Å². The minimum absolute atomic E-state index is 0.0500. The number of hydrogen-bond donors (Lipinski definition) is 1. The van der Waals surface area contributed by atoms with E-state index in [0.717, 1.165) is 24.3 Å². The minimum Gasteiger partial charge on any atom is -0.380 e. The highest BCUT2D eigenvalue weighted by molar-refractivity contribution is 9.10. The molecule has 0 bridgehead atoms. The maximum Gasteiger partial charge on any atom is 0.418 e. The molecule has 112 valence electrons. The van der Waals surface area contributed by atoms with Crippen LogP contribution in [0.25, 0.3) is 0 Å². The third kappa shape index (κ3) is 3.93. The second-order valence-electron chi connectivity index (χ2n) is 4.28. The first-order valence-electron chi connectivity index (χ1n) is 5.82. The maximum absolute atomic E-state index is 13.4. The van der Waals surface area contributed by atoms with Crippen molar-refractivity contribution in [2.45, 2.75) is 12.7 Å². The van der Waals surface area contributed by atoms with E-state index in [9.17, 15) is 22.0 Å². The van der Waals surface area contributed by atoms with Crippen LogP contribution < -0.4 is 5.32 Å². The molecule has 7 heteroatoms. The molecule has 0 fully saturated rings. The first-order chi connectivity index (χ1) is 9.77. The molecule has 2 rings (SSSR count). The Balaban J connectivity index is 2.26. The van der Waals surface area contributed by atoms with Gasteiger partial charge in [-0.25, -0.2) is 8.78 Å². The summed E-state index contributed by atoms with van der Waals surface area (Å²) >= 11 is 2.97. The molecular weight excluding hydrogens is 357 g/mol. The van der Waals surface area contributed by atoms with Crippen LogP contribution in [-0.2, 0) is 12.7 Å². The summed E-state index contributed by atoms with van der Waals surface area (Å²) in [4.78, 5) is 0. The van der Waals surface area contributed by atoms with Crippen LogP contribution in [0, 0.1) is 11.6 Å². The van der Waals surface area contributed by atoms with E-state index in [-0.39, 0.29) is 22.3 Å². The van der Waals surface area contributed by atoms with E-state index in [1.54, 1.807) is 0 Å². The van der Waals surface area contributed by atoms with Crippen molar-refractivity contribution in [2.75, 3.05) is 5.32 Å². The molecule has 0 saturated carbocycles. The van der Waals surface area contributed by atoms with Gasteiger partial charge in [-0.2, -0.15) is 13.2 Å². The Morgan fingerprint density at radius 1 is 1.00 bits per heavy atom. The van der Waals surface area contributed by atoms with Crippen LogP contribution >= 0.6 is 15.9 Å². The van der Waals surface area contributed by atoms with Crippen molar-refractivity contribution < 1.29 is 22.0 Å². The summed E-state index contributed by atoms with van der Waals surface area (Å²) in [7, 11) is 0. The lowest BCUT2D eigenvalue weighted by Gasteiger charge is -2.15. The van der Waals surface area contributed by atoms with Gasteiger partial charge in [0.2, 0.25) is 0 Å². The van der Waals surface area contributed by atoms with Crippen molar-refractivity contribution in [1.82, 2.24) is 0 Å². The molecular formula is C14H9BrF5N. The Morgan fingerprint density at radius 3 is 2.38 bits per heavy atom. The van der Waals surface area contributed by atoms with Crippen molar-refractivity contribution in [3.63, 3.8) is 0 Å². The highest BCUT2D eigenvalue weighted by atomic mass is 79.9. The van der Waals surface area contributed by atoms with Gasteiger partial charge >= 0.3 is 6.18 Å². The quantitative estimate of drug-likeness (QED) is 0.722. The number of benzene rings is 2. The van der Waals surface area contributed by atoms with Gasteiger partial charge in [-0.1, -0.05) is 15.9 Å². The second kappa shape index (κ2) is 6.01. The Bertz CT molecular complexity index is 654. The van der Waals surface area contributed by atoms with Crippen LogP contribution in [0.15, 0.2) is 40.9 Å². The van der Waals surface area contributed by atoms with E-state index >= 15 is 0 Å². The molecule has 2 aromatic rings. The average molecular weight is 366 g/mol. The molecule has 0 aliphatic carbocycles. The third-order valence-electron chi connectivity index (χ3n) is 2.76. The number of alkyl halides is 3. The topological polar surface area (TPSA) is 12.0 Å². The highest BCUT2D eigenvalue weighted by Gasteiger charge is 2.33. The molecule has 2 aromatic carbocycles. The molecule has 1 nitrogen and oxygen atoms in total. The van der Waals surface area contributed by atoms with E-state index in [1.165, 1.54) is 12.1 Å². The summed E-state index contributed by atoms with van der Waals surface area (Å²) in [6.07, 6.45) is -4.55. The van der Waals surface area contributed by atoms with Crippen LogP contribution in [0.4, 0.5) is 27.6 Å². The summed E-state index contributed by atoms with van der Waals surface area (Å²) in [6, 6.07) is 6.39. The summed E-state index contributed by atoms with van der Waals surface area (Å²) in [5.41, 5.74) is -1.13. The molecule has 0 saturated heterocycles. The molecule has 0 aliphatic rings. The SMILES string of the molecule is Fc1ccc(F)c(CNc2ccc(Br)cc2C(F)(F)F)c1. The maximum atomic E-state index is 13.4. The largest absolute Gasteiger partial charge is 0.418 e. The molecule has 0 aromatic heterocycles. The first kappa shape index (κ1) is 15.8. The third-order valence-corrected chi connectivity index (χ3v) is 3.26. The Labute approximate surface area is 125 Å². The van der Waals surface area contributed by atoms with Gasteiger partial charge in [0.05, 0.1) is 5.56 Å². The lowest BCUT2D eigenvalue weighted by Crippen LogP contribution is -2.11. The monoisotopic (exact) mass is 365 g/mol. The number of anilines is 1. The van der Waals surface area contributed by atoms with Crippen molar-refractivity contribution in [1.29, 1.82) is 0 Å². The van der Waals surface area contributed by atoms with Gasteiger partial charge in [-0.05, 0) is 36.4 Å². The van der Waals surface area contributed by atoms with Gasteiger partial charge in [0.25, 0.3) is 0 Å². The van der Waals surface area contributed by atoms with Crippen molar-refractivity contribution in [2.24, 2.45) is 0 Å². The molecule has 0 aliphatic heterocycles. The molecule has 0 unspecified atom stereocenters. The zero-order valence-electron chi connectivity index (χ0n) is 10.4. The summed E-state index contributed by atoms with van der Waals surface area (Å²) in [5.74, 6) is -1.34. The second-order valence-corrected chi connectivity index (χ2v) is 5.19.